The summed E-state index contributed by atoms with van der Waals surface area (Å²) in [6.45, 7) is 5.02. The molecule has 1 aromatic heterocycles. The summed E-state index contributed by atoms with van der Waals surface area (Å²) in [7, 11) is 0. The maximum absolute atomic E-state index is 13.7. The van der Waals surface area contributed by atoms with E-state index in [0.717, 1.165) is 6.07 Å². The second-order valence-corrected chi connectivity index (χ2v) is 6.85. The molecule has 2 aromatic rings. The predicted octanol–water partition coefficient (Wildman–Crippen LogP) is 4.83. The Hall–Kier alpha value is -2.90. The molecule has 28 heavy (non-hydrogen) atoms. The number of aliphatic imine (C=N–C) groups is 1. The van der Waals surface area contributed by atoms with E-state index in [2.05, 4.69) is 9.98 Å². The van der Waals surface area contributed by atoms with Crippen LogP contribution in [0.4, 0.5) is 18.9 Å². The van der Waals surface area contributed by atoms with Gasteiger partial charge in [0.25, 0.3) is 0 Å². The van der Waals surface area contributed by atoms with Crippen LogP contribution in [0.1, 0.15) is 43.4 Å². The fraction of sp³-hybridized carbons (Fsp3) is 0.350. The summed E-state index contributed by atoms with van der Waals surface area (Å²) in [4.78, 5) is 20.5. The molecule has 148 valence electrons. The minimum Gasteiger partial charge on any atom is -0.481 e. The molecule has 5 nitrogen and oxygen atoms in total. The number of alkyl halides is 3. The molecular formula is C20H19F3N2O3. The standard InChI is InChI=1S/C20H19F3N2O3/c1-10(2)28-18-17-14(8-9-24-18)25-11(3)15(19(26)27)16(17)12-6-4-5-7-13(12)20(21,22)23/h4-10,15-16H,1-3H3,(H,26,27). The summed E-state index contributed by atoms with van der Waals surface area (Å²) in [5.74, 6) is -3.56. The molecule has 1 aliphatic heterocycles. The number of carbonyl (C=O) groups is 1. The zero-order valence-electron chi connectivity index (χ0n) is 15.5. The molecule has 2 atom stereocenters. The van der Waals surface area contributed by atoms with Gasteiger partial charge in [-0.15, -0.1) is 0 Å². The van der Waals surface area contributed by atoms with E-state index in [0.29, 0.717) is 5.69 Å². The first-order valence-corrected chi connectivity index (χ1v) is 8.71. The molecule has 1 aliphatic rings. The number of carboxylic acid groups (broad SMARTS) is 1. The average Bonchev–Trinajstić information content (AvgIpc) is 2.59. The quantitative estimate of drug-likeness (QED) is 0.809. The van der Waals surface area contributed by atoms with Crippen molar-refractivity contribution < 1.29 is 27.8 Å². The molecule has 2 heterocycles. The van der Waals surface area contributed by atoms with Gasteiger partial charge in [0.1, 0.15) is 5.92 Å². The highest BCUT2D eigenvalue weighted by atomic mass is 19.4. The Morgan fingerprint density at radius 1 is 1.21 bits per heavy atom. The lowest BCUT2D eigenvalue weighted by Gasteiger charge is -2.32. The zero-order chi connectivity index (χ0) is 20.6. The van der Waals surface area contributed by atoms with Crippen LogP contribution in [0.3, 0.4) is 0 Å². The van der Waals surface area contributed by atoms with E-state index >= 15 is 0 Å². The maximum atomic E-state index is 13.7. The SMILES string of the molecule is CC1=Nc2ccnc(OC(C)C)c2C(c2ccccc2C(F)(F)F)C1C(=O)O. The average molecular weight is 392 g/mol. The van der Waals surface area contributed by atoms with Gasteiger partial charge in [-0.3, -0.25) is 9.79 Å². The number of carboxylic acids is 1. The van der Waals surface area contributed by atoms with Crippen LogP contribution < -0.4 is 4.74 Å². The number of pyridine rings is 1. The van der Waals surface area contributed by atoms with Gasteiger partial charge in [0.15, 0.2) is 0 Å². The molecule has 0 aliphatic carbocycles. The fourth-order valence-electron chi connectivity index (χ4n) is 3.50. The molecule has 3 rings (SSSR count). The summed E-state index contributed by atoms with van der Waals surface area (Å²) in [6, 6.07) is 6.55. The van der Waals surface area contributed by atoms with E-state index in [9.17, 15) is 23.1 Å². The fourth-order valence-corrected chi connectivity index (χ4v) is 3.50. The number of benzene rings is 1. The predicted molar refractivity (Wildman–Crippen MR) is 97.2 cm³/mol. The molecule has 0 spiro atoms. The highest BCUT2D eigenvalue weighted by Gasteiger charge is 2.44. The van der Waals surface area contributed by atoms with Crippen LogP contribution in [-0.2, 0) is 11.0 Å². The summed E-state index contributed by atoms with van der Waals surface area (Å²) in [5, 5.41) is 9.81. The summed E-state index contributed by atoms with van der Waals surface area (Å²) in [6.07, 6.45) is -3.49. The third-order valence-corrected chi connectivity index (χ3v) is 4.54. The Kier molecular flexibility index (Phi) is 5.14. The summed E-state index contributed by atoms with van der Waals surface area (Å²) >= 11 is 0. The Bertz CT molecular complexity index is 939. The first-order valence-electron chi connectivity index (χ1n) is 8.71. The van der Waals surface area contributed by atoms with Gasteiger partial charge in [0.2, 0.25) is 5.88 Å². The molecule has 0 saturated carbocycles. The van der Waals surface area contributed by atoms with Crippen molar-refractivity contribution in [2.75, 3.05) is 0 Å². The van der Waals surface area contributed by atoms with Crippen molar-refractivity contribution in [2.45, 2.75) is 39.0 Å². The van der Waals surface area contributed by atoms with Gasteiger partial charge < -0.3 is 9.84 Å². The van der Waals surface area contributed by atoms with Crippen molar-refractivity contribution in [2.24, 2.45) is 10.9 Å². The van der Waals surface area contributed by atoms with E-state index in [1.807, 2.05) is 0 Å². The number of aliphatic carboxylic acids is 1. The summed E-state index contributed by atoms with van der Waals surface area (Å²) < 4.78 is 46.8. The minimum absolute atomic E-state index is 0.0944. The maximum Gasteiger partial charge on any atom is 0.416 e. The van der Waals surface area contributed by atoms with Gasteiger partial charge in [-0.2, -0.15) is 13.2 Å². The first kappa shape index (κ1) is 19.9. The van der Waals surface area contributed by atoms with Gasteiger partial charge in [-0.1, -0.05) is 18.2 Å². The van der Waals surface area contributed by atoms with Crippen LogP contribution in [0.15, 0.2) is 41.5 Å². The number of nitrogens with zero attached hydrogens (tertiary/aromatic N) is 2. The number of fused-ring (bicyclic) bond motifs is 1. The number of aromatic nitrogens is 1. The number of rotatable bonds is 4. The van der Waals surface area contributed by atoms with Gasteiger partial charge in [0, 0.05) is 23.4 Å². The van der Waals surface area contributed by atoms with E-state index in [4.69, 9.17) is 4.74 Å². The van der Waals surface area contributed by atoms with Crippen molar-refractivity contribution >= 4 is 17.4 Å². The lowest BCUT2D eigenvalue weighted by Crippen LogP contribution is -2.33. The van der Waals surface area contributed by atoms with Crippen LogP contribution in [-0.4, -0.2) is 27.9 Å². The molecular weight excluding hydrogens is 373 g/mol. The van der Waals surface area contributed by atoms with E-state index < -0.39 is 29.5 Å². The molecule has 0 amide bonds. The van der Waals surface area contributed by atoms with E-state index in [-0.39, 0.29) is 28.8 Å². The van der Waals surface area contributed by atoms with Gasteiger partial charge in [-0.25, -0.2) is 4.98 Å². The van der Waals surface area contributed by atoms with Gasteiger partial charge in [-0.05, 0) is 38.5 Å². The van der Waals surface area contributed by atoms with E-state index in [1.165, 1.54) is 31.3 Å². The van der Waals surface area contributed by atoms with Gasteiger partial charge >= 0.3 is 12.1 Å². The van der Waals surface area contributed by atoms with Crippen molar-refractivity contribution in [1.29, 1.82) is 0 Å². The first-order chi connectivity index (χ1) is 13.1. The lowest BCUT2D eigenvalue weighted by molar-refractivity contribution is -0.142. The molecule has 0 saturated heterocycles. The second kappa shape index (κ2) is 7.26. The number of hydrogen-bond acceptors (Lipinski definition) is 4. The summed E-state index contributed by atoms with van der Waals surface area (Å²) in [5.41, 5.74) is -0.178. The zero-order valence-corrected chi connectivity index (χ0v) is 15.5. The molecule has 1 aromatic carbocycles. The smallest absolute Gasteiger partial charge is 0.416 e. The van der Waals surface area contributed by atoms with Crippen molar-refractivity contribution in [1.82, 2.24) is 4.98 Å². The Balaban J connectivity index is 2.34. The third-order valence-electron chi connectivity index (χ3n) is 4.54. The Morgan fingerprint density at radius 2 is 1.89 bits per heavy atom. The van der Waals surface area contributed by atoms with Crippen molar-refractivity contribution in [3.8, 4) is 5.88 Å². The number of halogens is 3. The van der Waals surface area contributed by atoms with Crippen LogP contribution in [0, 0.1) is 5.92 Å². The van der Waals surface area contributed by atoms with Gasteiger partial charge in [0.05, 0.1) is 17.4 Å². The normalized spacial score (nSPS) is 19.2. The van der Waals surface area contributed by atoms with Crippen LogP contribution in [0.2, 0.25) is 0 Å². The highest BCUT2D eigenvalue weighted by molar-refractivity contribution is 6.04. The van der Waals surface area contributed by atoms with Crippen LogP contribution >= 0.6 is 0 Å². The Morgan fingerprint density at radius 3 is 2.50 bits per heavy atom. The van der Waals surface area contributed by atoms with Crippen molar-refractivity contribution in [3.05, 3.63) is 53.2 Å². The van der Waals surface area contributed by atoms with Crippen LogP contribution in [0.5, 0.6) is 5.88 Å². The second-order valence-electron chi connectivity index (χ2n) is 6.85. The molecule has 8 heteroatoms. The number of ether oxygens (including phenoxy) is 1. The molecule has 0 radical (unpaired) electrons. The van der Waals surface area contributed by atoms with Crippen molar-refractivity contribution in [3.63, 3.8) is 0 Å². The molecule has 0 bridgehead atoms. The van der Waals surface area contributed by atoms with Crippen LogP contribution in [0.25, 0.3) is 0 Å². The topological polar surface area (TPSA) is 71.8 Å². The minimum atomic E-state index is -4.64. The molecule has 1 N–H and O–H groups in total. The highest BCUT2D eigenvalue weighted by Crippen LogP contribution is 2.49. The lowest BCUT2D eigenvalue weighted by atomic mass is 9.75. The largest absolute Gasteiger partial charge is 0.481 e. The molecule has 2 unspecified atom stereocenters. The van der Waals surface area contributed by atoms with E-state index in [1.54, 1.807) is 19.9 Å². The Labute approximate surface area is 159 Å². The molecule has 0 fully saturated rings. The third kappa shape index (κ3) is 3.58. The number of hydrogen-bond donors (Lipinski definition) is 1. The monoisotopic (exact) mass is 392 g/mol.